The Morgan fingerprint density at radius 3 is 2.46 bits per heavy atom. The van der Waals surface area contributed by atoms with Crippen LogP contribution in [0.4, 0.5) is 14.9 Å². The number of rotatable bonds is 5. The van der Waals surface area contributed by atoms with Crippen LogP contribution in [0, 0.1) is 11.7 Å². The molecule has 1 aliphatic rings. The maximum atomic E-state index is 14.1. The van der Waals surface area contributed by atoms with Crippen LogP contribution in [0.2, 0.25) is 5.02 Å². The van der Waals surface area contributed by atoms with Crippen molar-refractivity contribution in [3.63, 3.8) is 0 Å². The molecule has 1 fully saturated rings. The van der Waals surface area contributed by atoms with E-state index in [4.69, 9.17) is 27.1 Å². The van der Waals surface area contributed by atoms with Crippen LogP contribution in [-0.2, 0) is 9.53 Å². The largest absolute Gasteiger partial charge is 0.444 e. The number of halogens is 2. The Bertz CT molecular complexity index is 1530. The Morgan fingerprint density at radius 1 is 1.15 bits per heavy atom. The van der Waals surface area contributed by atoms with Crippen molar-refractivity contribution in [2.24, 2.45) is 11.7 Å². The van der Waals surface area contributed by atoms with E-state index in [0.717, 1.165) is 5.69 Å². The van der Waals surface area contributed by atoms with Gasteiger partial charge in [-0.15, -0.1) is 0 Å². The van der Waals surface area contributed by atoms with Crippen molar-refractivity contribution in [3.8, 4) is 11.4 Å². The van der Waals surface area contributed by atoms with Crippen molar-refractivity contribution in [2.45, 2.75) is 65.6 Å². The topological polar surface area (TPSA) is 111 Å². The maximum Gasteiger partial charge on any atom is 0.410 e. The highest BCUT2D eigenvalue weighted by atomic mass is 35.5. The van der Waals surface area contributed by atoms with E-state index in [1.807, 2.05) is 33.8 Å². The maximum absolute atomic E-state index is 14.1. The van der Waals surface area contributed by atoms with E-state index < -0.39 is 28.9 Å². The highest BCUT2D eigenvalue weighted by Crippen LogP contribution is 2.30. The smallest absolute Gasteiger partial charge is 0.410 e. The summed E-state index contributed by atoms with van der Waals surface area (Å²) in [6.07, 6.45) is 0.364. The van der Waals surface area contributed by atoms with Crippen LogP contribution in [0.3, 0.4) is 0 Å². The molecule has 2 atom stereocenters. The Balaban J connectivity index is 1.80. The van der Waals surface area contributed by atoms with Gasteiger partial charge < -0.3 is 20.3 Å². The van der Waals surface area contributed by atoms with Crippen LogP contribution in [0.25, 0.3) is 22.3 Å². The molecule has 1 aliphatic heterocycles. The minimum atomic E-state index is -0.998. The molecular weight excluding hydrogens is 549 g/mol. The van der Waals surface area contributed by atoms with Gasteiger partial charge in [-0.1, -0.05) is 25.4 Å². The van der Waals surface area contributed by atoms with Crippen LogP contribution in [0.15, 0.2) is 41.2 Å². The molecule has 2 amide bonds. The number of nitrogens with two attached hydrogens (primary N) is 1. The SMILES string of the molecule is CC(C)C(C(N)=O)n1c(-c2ccc(F)c(Cl)c2)nc2ccc(N3CCCN(C(=O)OC(C)(C)C)C(C)C3)cc2c1=O. The van der Waals surface area contributed by atoms with Gasteiger partial charge in [-0.2, -0.15) is 0 Å². The number of primary amides is 1. The van der Waals surface area contributed by atoms with Crippen molar-refractivity contribution < 1.29 is 18.7 Å². The number of nitrogens with zero attached hydrogens (tertiary/aromatic N) is 4. The predicted molar refractivity (Wildman–Crippen MR) is 159 cm³/mol. The van der Waals surface area contributed by atoms with Crippen LogP contribution in [0.5, 0.6) is 0 Å². The zero-order valence-electron chi connectivity index (χ0n) is 24.3. The fourth-order valence-corrected chi connectivity index (χ4v) is 5.40. The molecule has 0 saturated carbocycles. The summed E-state index contributed by atoms with van der Waals surface area (Å²) < 4.78 is 20.8. The molecule has 220 valence electrons. The number of fused-ring (bicyclic) bond motifs is 1. The predicted octanol–water partition coefficient (Wildman–Crippen LogP) is 5.37. The Labute approximate surface area is 244 Å². The summed E-state index contributed by atoms with van der Waals surface area (Å²) in [4.78, 5) is 48.1. The van der Waals surface area contributed by atoms with E-state index in [1.165, 1.54) is 22.8 Å². The number of hydrogen-bond acceptors (Lipinski definition) is 6. The average Bonchev–Trinajstić information content (AvgIpc) is 3.07. The van der Waals surface area contributed by atoms with Gasteiger partial charge in [-0.05, 0) is 76.4 Å². The standard InChI is InChI=1S/C30H37ClFN5O4/c1-17(2)25(26(33)38)37-27(19-8-10-23(32)22(31)14-19)34-24-11-9-20(15-21(24)28(37)39)35-12-7-13-36(18(3)16-35)29(40)41-30(4,5)6/h8-11,14-15,17-18,25H,7,12-13,16H2,1-6H3,(H2,33,38). The highest BCUT2D eigenvalue weighted by Gasteiger charge is 2.31. The van der Waals surface area contributed by atoms with E-state index in [-0.39, 0.29) is 28.9 Å². The quantitative estimate of drug-likeness (QED) is 0.431. The molecule has 1 aromatic heterocycles. The number of hydrogen-bond donors (Lipinski definition) is 1. The minimum absolute atomic E-state index is 0.130. The average molecular weight is 586 g/mol. The zero-order chi connectivity index (χ0) is 30.2. The molecule has 1 saturated heterocycles. The minimum Gasteiger partial charge on any atom is -0.444 e. The van der Waals surface area contributed by atoms with Crippen molar-refractivity contribution in [1.29, 1.82) is 0 Å². The van der Waals surface area contributed by atoms with Crippen LogP contribution in [-0.4, -0.2) is 57.7 Å². The van der Waals surface area contributed by atoms with Gasteiger partial charge in [0.1, 0.15) is 23.3 Å². The highest BCUT2D eigenvalue weighted by molar-refractivity contribution is 6.31. The molecule has 2 N–H and O–H groups in total. The van der Waals surface area contributed by atoms with Crippen LogP contribution >= 0.6 is 11.6 Å². The summed E-state index contributed by atoms with van der Waals surface area (Å²) in [6, 6.07) is 8.29. The number of anilines is 1. The summed E-state index contributed by atoms with van der Waals surface area (Å²) in [5, 5.41) is 0.182. The number of ether oxygens (including phenoxy) is 1. The van der Waals surface area contributed by atoms with Crippen molar-refractivity contribution in [2.75, 3.05) is 24.5 Å². The molecular formula is C30H37ClFN5O4. The fraction of sp³-hybridized carbons (Fsp3) is 0.467. The fourth-order valence-electron chi connectivity index (χ4n) is 5.22. The van der Waals surface area contributed by atoms with Crippen LogP contribution in [0.1, 0.15) is 54.0 Å². The van der Waals surface area contributed by atoms with Gasteiger partial charge in [0.25, 0.3) is 5.56 Å². The van der Waals surface area contributed by atoms with Crippen molar-refractivity contribution in [1.82, 2.24) is 14.5 Å². The van der Waals surface area contributed by atoms with Gasteiger partial charge in [0.15, 0.2) is 0 Å². The molecule has 2 aromatic carbocycles. The molecule has 11 heteroatoms. The van der Waals surface area contributed by atoms with Gasteiger partial charge in [-0.25, -0.2) is 14.2 Å². The first kappa shape index (κ1) is 30.3. The summed E-state index contributed by atoms with van der Waals surface area (Å²) in [5.74, 6) is -1.45. The lowest BCUT2D eigenvalue weighted by Gasteiger charge is -2.32. The lowest BCUT2D eigenvalue weighted by molar-refractivity contribution is -0.122. The molecule has 0 spiro atoms. The normalized spacial score (nSPS) is 17.0. The lowest BCUT2D eigenvalue weighted by Crippen LogP contribution is -2.45. The second kappa shape index (κ2) is 11.7. The number of amides is 2. The van der Waals surface area contributed by atoms with E-state index in [1.54, 1.807) is 30.9 Å². The number of carbonyl (C=O) groups is 2. The van der Waals surface area contributed by atoms with Gasteiger partial charge in [-0.3, -0.25) is 14.2 Å². The molecule has 0 radical (unpaired) electrons. The van der Waals surface area contributed by atoms with E-state index in [2.05, 4.69) is 4.90 Å². The van der Waals surface area contributed by atoms with Gasteiger partial charge in [0.05, 0.1) is 15.9 Å². The number of benzene rings is 2. The van der Waals surface area contributed by atoms with Gasteiger partial charge >= 0.3 is 6.09 Å². The molecule has 0 bridgehead atoms. The Hall–Kier alpha value is -3.66. The van der Waals surface area contributed by atoms with Crippen molar-refractivity contribution in [3.05, 3.63) is 57.6 Å². The molecule has 3 aromatic rings. The Kier molecular flexibility index (Phi) is 8.63. The molecule has 2 unspecified atom stereocenters. The summed E-state index contributed by atoms with van der Waals surface area (Å²) in [5.41, 5.74) is 6.33. The zero-order valence-corrected chi connectivity index (χ0v) is 25.0. The van der Waals surface area contributed by atoms with Gasteiger partial charge in [0, 0.05) is 36.9 Å². The van der Waals surface area contributed by atoms with E-state index in [9.17, 15) is 18.8 Å². The molecule has 4 rings (SSSR count). The van der Waals surface area contributed by atoms with Crippen molar-refractivity contribution >= 4 is 40.2 Å². The lowest BCUT2D eigenvalue weighted by atomic mass is 10.0. The summed E-state index contributed by atoms with van der Waals surface area (Å²) in [7, 11) is 0. The molecule has 9 nitrogen and oxygen atoms in total. The third-order valence-corrected chi connectivity index (χ3v) is 7.39. The number of carbonyl (C=O) groups excluding carboxylic acids is 2. The summed E-state index contributed by atoms with van der Waals surface area (Å²) in [6.45, 7) is 12.8. The molecule has 0 aliphatic carbocycles. The molecule has 2 heterocycles. The van der Waals surface area contributed by atoms with E-state index in [0.29, 0.717) is 42.5 Å². The first-order chi connectivity index (χ1) is 19.2. The first-order valence-corrected chi connectivity index (χ1v) is 14.1. The van der Waals surface area contributed by atoms with Crippen LogP contribution < -0.4 is 16.2 Å². The summed E-state index contributed by atoms with van der Waals surface area (Å²) >= 11 is 6.05. The second-order valence-electron chi connectivity index (χ2n) is 11.9. The number of aromatic nitrogens is 2. The van der Waals surface area contributed by atoms with Gasteiger partial charge in [0.2, 0.25) is 5.91 Å². The monoisotopic (exact) mass is 585 g/mol. The third kappa shape index (κ3) is 6.48. The Morgan fingerprint density at radius 2 is 1.85 bits per heavy atom. The first-order valence-electron chi connectivity index (χ1n) is 13.7. The third-order valence-electron chi connectivity index (χ3n) is 7.10. The van der Waals surface area contributed by atoms with E-state index >= 15 is 0 Å². The second-order valence-corrected chi connectivity index (χ2v) is 12.3. The molecule has 41 heavy (non-hydrogen) atoms.